The van der Waals surface area contributed by atoms with Crippen molar-refractivity contribution in [2.24, 2.45) is 5.84 Å². The van der Waals surface area contributed by atoms with Gasteiger partial charge in [-0.1, -0.05) is 12.1 Å². The van der Waals surface area contributed by atoms with Gasteiger partial charge in [-0.05, 0) is 38.5 Å². The fraction of sp³-hybridized carbons (Fsp3) is 0.400. The van der Waals surface area contributed by atoms with E-state index in [9.17, 15) is 0 Å². The molecule has 0 aliphatic heterocycles. The maximum atomic E-state index is 5.72. The molecule has 0 amide bonds. The lowest BCUT2D eigenvalue weighted by molar-refractivity contribution is 0.242. The third kappa shape index (κ3) is 4.03. The Morgan fingerprint density at radius 1 is 1.40 bits per heavy atom. The molecule has 1 heterocycles. The fourth-order valence-corrected chi connectivity index (χ4v) is 2.84. The molecule has 1 aromatic carbocycles. The number of aryl methyl sites for hydroxylation is 1. The minimum Gasteiger partial charge on any atom is -0.491 e. The molecule has 0 saturated carbocycles. The molecule has 1 aromatic heterocycles. The van der Waals surface area contributed by atoms with Crippen LogP contribution in [0.4, 0.5) is 0 Å². The molecule has 0 spiro atoms. The van der Waals surface area contributed by atoms with Gasteiger partial charge < -0.3 is 4.74 Å². The third-order valence-electron chi connectivity index (χ3n) is 2.88. The van der Waals surface area contributed by atoms with Crippen LogP contribution in [0.15, 0.2) is 29.6 Å². The summed E-state index contributed by atoms with van der Waals surface area (Å²) in [7, 11) is 0. The van der Waals surface area contributed by atoms with Crippen LogP contribution in [-0.4, -0.2) is 11.1 Å². The van der Waals surface area contributed by atoms with Crippen molar-refractivity contribution in [1.29, 1.82) is 0 Å². The van der Waals surface area contributed by atoms with E-state index in [1.54, 1.807) is 11.3 Å². The van der Waals surface area contributed by atoms with E-state index >= 15 is 0 Å². The van der Waals surface area contributed by atoms with E-state index in [0.717, 1.165) is 28.4 Å². The average Bonchev–Trinajstić information content (AvgIpc) is 2.81. The number of rotatable bonds is 6. The van der Waals surface area contributed by atoms with Crippen molar-refractivity contribution in [2.45, 2.75) is 39.3 Å². The molecule has 0 saturated heterocycles. The summed E-state index contributed by atoms with van der Waals surface area (Å²) in [6.45, 7) is 6.04. The highest BCUT2D eigenvalue weighted by molar-refractivity contribution is 7.09. The smallest absolute Gasteiger partial charge is 0.120 e. The van der Waals surface area contributed by atoms with E-state index < -0.39 is 0 Å². The van der Waals surface area contributed by atoms with E-state index in [0.29, 0.717) is 0 Å². The third-order valence-corrected chi connectivity index (χ3v) is 3.87. The Bertz CT molecular complexity index is 554. The molecule has 0 aliphatic carbocycles. The van der Waals surface area contributed by atoms with Crippen molar-refractivity contribution in [3.05, 3.63) is 45.9 Å². The molecule has 0 radical (unpaired) electrons. The Morgan fingerprint density at radius 2 is 2.20 bits per heavy atom. The number of nitrogens with zero attached hydrogens (tertiary/aromatic N) is 1. The van der Waals surface area contributed by atoms with E-state index in [2.05, 4.69) is 21.9 Å². The van der Waals surface area contributed by atoms with Crippen molar-refractivity contribution in [3.63, 3.8) is 0 Å². The highest BCUT2D eigenvalue weighted by Crippen LogP contribution is 2.24. The van der Waals surface area contributed by atoms with Crippen LogP contribution in [0.5, 0.6) is 5.75 Å². The number of nitrogens with two attached hydrogens (primary N) is 1. The van der Waals surface area contributed by atoms with Crippen LogP contribution in [0.25, 0.3) is 0 Å². The van der Waals surface area contributed by atoms with Gasteiger partial charge in [-0.2, -0.15) is 0 Å². The van der Waals surface area contributed by atoms with Gasteiger partial charge in [0.25, 0.3) is 0 Å². The lowest BCUT2D eigenvalue weighted by Crippen LogP contribution is -2.29. The monoisotopic (exact) mass is 291 g/mol. The van der Waals surface area contributed by atoms with Crippen LogP contribution < -0.4 is 16.0 Å². The van der Waals surface area contributed by atoms with Crippen LogP contribution in [0, 0.1) is 6.92 Å². The minimum atomic E-state index is 0.0382. The maximum absolute atomic E-state index is 5.72. The zero-order valence-corrected chi connectivity index (χ0v) is 12.9. The van der Waals surface area contributed by atoms with Gasteiger partial charge >= 0.3 is 0 Å². The number of hydrogen-bond acceptors (Lipinski definition) is 5. The summed E-state index contributed by atoms with van der Waals surface area (Å²) in [4.78, 5) is 4.49. The van der Waals surface area contributed by atoms with Gasteiger partial charge in [0.15, 0.2) is 0 Å². The van der Waals surface area contributed by atoms with E-state index in [-0.39, 0.29) is 12.1 Å². The Morgan fingerprint density at radius 3 is 2.80 bits per heavy atom. The summed E-state index contributed by atoms with van der Waals surface area (Å²) in [5.41, 5.74) is 5.03. The summed E-state index contributed by atoms with van der Waals surface area (Å²) >= 11 is 1.66. The molecular weight excluding hydrogens is 270 g/mol. The Hall–Kier alpha value is -1.43. The average molecular weight is 291 g/mol. The van der Waals surface area contributed by atoms with E-state index in [4.69, 9.17) is 10.6 Å². The number of nitrogens with one attached hydrogen (secondary N) is 1. The number of thiazole rings is 1. The Labute approximate surface area is 124 Å². The molecule has 20 heavy (non-hydrogen) atoms. The summed E-state index contributed by atoms with van der Waals surface area (Å²) in [5, 5.41) is 3.14. The molecule has 0 fully saturated rings. The molecule has 2 aromatic rings. The highest BCUT2D eigenvalue weighted by atomic mass is 32.1. The first-order chi connectivity index (χ1) is 9.58. The molecule has 5 heteroatoms. The zero-order chi connectivity index (χ0) is 14.5. The standard InChI is InChI=1S/C15H21N3OS/c1-10(2)19-13-6-4-5-12(7-13)14(18-16)8-15-17-11(3)9-20-15/h4-7,9-10,14,18H,8,16H2,1-3H3. The van der Waals surface area contributed by atoms with Crippen LogP contribution in [0.2, 0.25) is 0 Å². The molecule has 0 aliphatic rings. The number of hydrazine groups is 1. The lowest BCUT2D eigenvalue weighted by atomic mass is 10.0. The molecule has 4 nitrogen and oxygen atoms in total. The van der Waals surface area contributed by atoms with Gasteiger partial charge in [-0.3, -0.25) is 11.3 Å². The van der Waals surface area contributed by atoms with Crippen LogP contribution in [0.1, 0.15) is 36.2 Å². The second kappa shape index (κ2) is 6.83. The Balaban J connectivity index is 2.14. The minimum absolute atomic E-state index is 0.0382. The van der Waals surface area contributed by atoms with Crippen molar-refractivity contribution in [1.82, 2.24) is 10.4 Å². The topological polar surface area (TPSA) is 60.2 Å². The number of aromatic nitrogens is 1. The first kappa shape index (κ1) is 15.0. The van der Waals surface area contributed by atoms with Gasteiger partial charge in [0.1, 0.15) is 5.75 Å². The van der Waals surface area contributed by atoms with Crippen LogP contribution >= 0.6 is 11.3 Å². The SMILES string of the molecule is Cc1csc(CC(NN)c2cccc(OC(C)C)c2)n1. The van der Waals surface area contributed by atoms with Crippen molar-refractivity contribution < 1.29 is 4.74 Å². The van der Waals surface area contributed by atoms with Crippen molar-refractivity contribution in [2.75, 3.05) is 0 Å². The van der Waals surface area contributed by atoms with Crippen molar-refractivity contribution >= 4 is 11.3 Å². The first-order valence-corrected chi connectivity index (χ1v) is 7.60. The summed E-state index contributed by atoms with van der Waals surface area (Å²) < 4.78 is 5.72. The normalized spacial score (nSPS) is 12.7. The summed E-state index contributed by atoms with van der Waals surface area (Å²) in [6, 6.07) is 8.08. The largest absolute Gasteiger partial charge is 0.491 e. The van der Waals surface area contributed by atoms with Gasteiger partial charge in [0.2, 0.25) is 0 Å². The molecule has 1 atom stereocenters. The second-order valence-corrected chi connectivity index (χ2v) is 5.99. The van der Waals surface area contributed by atoms with Crippen LogP contribution in [0.3, 0.4) is 0 Å². The summed E-state index contributed by atoms with van der Waals surface area (Å²) in [6.07, 6.45) is 0.941. The second-order valence-electron chi connectivity index (χ2n) is 5.05. The lowest BCUT2D eigenvalue weighted by Gasteiger charge is -2.17. The first-order valence-electron chi connectivity index (χ1n) is 6.72. The van der Waals surface area contributed by atoms with Gasteiger partial charge in [0, 0.05) is 17.5 Å². The van der Waals surface area contributed by atoms with Crippen molar-refractivity contribution in [3.8, 4) is 5.75 Å². The molecule has 0 bridgehead atoms. The highest BCUT2D eigenvalue weighted by Gasteiger charge is 2.13. The fourth-order valence-electron chi connectivity index (χ4n) is 2.02. The number of hydrogen-bond donors (Lipinski definition) is 2. The molecular formula is C15H21N3OS. The Kier molecular flexibility index (Phi) is 5.11. The van der Waals surface area contributed by atoms with Gasteiger partial charge in [0.05, 0.1) is 17.2 Å². The number of benzene rings is 1. The molecule has 108 valence electrons. The summed E-state index contributed by atoms with van der Waals surface area (Å²) in [5.74, 6) is 6.57. The van der Waals surface area contributed by atoms with Gasteiger partial charge in [-0.15, -0.1) is 11.3 Å². The van der Waals surface area contributed by atoms with Gasteiger partial charge in [-0.25, -0.2) is 4.98 Å². The molecule has 3 N–H and O–H groups in total. The maximum Gasteiger partial charge on any atom is 0.120 e. The van der Waals surface area contributed by atoms with E-state index in [1.165, 1.54) is 0 Å². The quantitative estimate of drug-likeness (QED) is 0.634. The molecule has 1 unspecified atom stereocenters. The number of ether oxygens (including phenoxy) is 1. The predicted molar refractivity (Wildman–Crippen MR) is 82.8 cm³/mol. The van der Waals surface area contributed by atoms with Crippen LogP contribution in [-0.2, 0) is 6.42 Å². The zero-order valence-electron chi connectivity index (χ0n) is 12.1. The predicted octanol–water partition coefficient (Wildman–Crippen LogP) is 2.99. The van der Waals surface area contributed by atoms with E-state index in [1.807, 2.05) is 39.0 Å². The molecule has 2 rings (SSSR count).